The second-order valence-electron chi connectivity index (χ2n) is 8.40. The van der Waals surface area contributed by atoms with Crippen molar-refractivity contribution in [2.24, 2.45) is 5.92 Å². The number of ether oxygens (including phenoxy) is 2. The highest BCUT2D eigenvalue weighted by Gasteiger charge is 2.27. The normalized spacial score (nSPS) is 19.5. The number of halogens is 1. The van der Waals surface area contributed by atoms with Crippen LogP contribution in [0.1, 0.15) is 12.5 Å². The molecule has 1 amide bonds. The molecule has 2 aliphatic heterocycles. The zero-order valence-electron chi connectivity index (χ0n) is 18.4. The largest absolute Gasteiger partial charge is 0.474 e. The van der Waals surface area contributed by atoms with Crippen molar-refractivity contribution in [3.05, 3.63) is 35.9 Å². The van der Waals surface area contributed by atoms with Crippen LogP contribution in [0.4, 0.5) is 26.4 Å². The molecule has 0 aliphatic carbocycles. The van der Waals surface area contributed by atoms with E-state index >= 15 is 4.39 Å². The van der Waals surface area contributed by atoms with Gasteiger partial charge in [0.2, 0.25) is 5.88 Å². The Morgan fingerprint density at radius 3 is 2.91 bits per heavy atom. The van der Waals surface area contributed by atoms with E-state index in [0.29, 0.717) is 53.3 Å². The van der Waals surface area contributed by atoms with Crippen molar-refractivity contribution in [1.82, 2.24) is 15.3 Å². The minimum Gasteiger partial charge on any atom is -0.474 e. The van der Waals surface area contributed by atoms with Crippen LogP contribution < -0.4 is 26.4 Å². The third-order valence-corrected chi connectivity index (χ3v) is 6.17. The Labute approximate surface area is 189 Å². The summed E-state index contributed by atoms with van der Waals surface area (Å²) in [6.07, 6.45) is 2.25. The molecule has 2 aromatic heterocycles. The lowest BCUT2D eigenvalue weighted by atomic mass is 9.97. The summed E-state index contributed by atoms with van der Waals surface area (Å²) in [5, 5.41) is 10.2. The molecule has 10 heteroatoms. The predicted molar refractivity (Wildman–Crippen MR) is 124 cm³/mol. The molecule has 2 atom stereocenters. The Bertz CT molecular complexity index is 1250. The number of carbonyl (C=O) groups excluding carboxylic acids is 1. The van der Waals surface area contributed by atoms with Crippen molar-refractivity contribution in [3.8, 4) is 17.0 Å². The Morgan fingerprint density at radius 1 is 1.27 bits per heavy atom. The summed E-state index contributed by atoms with van der Waals surface area (Å²) in [6.45, 7) is 6.49. The summed E-state index contributed by atoms with van der Waals surface area (Å²) in [6, 6.07) is 3.33. The van der Waals surface area contributed by atoms with Crippen molar-refractivity contribution < 1.29 is 18.7 Å². The molecule has 0 radical (unpaired) electrons. The van der Waals surface area contributed by atoms with Crippen LogP contribution in [-0.2, 0) is 4.74 Å². The molecule has 172 valence electrons. The fourth-order valence-corrected chi connectivity index (χ4v) is 4.27. The quantitative estimate of drug-likeness (QED) is 0.447. The monoisotopic (exact) mass is 452 g/mol. The molecule has 4 heterocycles. The van der Waals surface area contributed by atoms with Crippen molar-refractivity contribution >= 4 is 34.1 Å². The Hall–Kier alpha value is -3.66. The third-order valence-electron chi connectivity index (χ3n) is 6.17. The molecular weight excluding hydrogens is 427 g/mol. The molecule has 5 rings (SSSR count). The van der Waals surface area contributed by atoms with E-state index in [4.69, 9.17) is 15.2 Å². The number of anilines is 3. The number of hydrogen-bond acceptors (Lipinski definition) is 8. The second-order valence-corrected chi connectivity index (χ2v) is 8.40. The zero-order chi connectivity index (χ0) is 23.1. The number of nitrogen functional groups attached to an aromatic ring is 1. The Balaban J connectivity index is 1.48. The van der Waals surface area contributed by atoms with E-state index in [-0.39, 0.29) is 17.7 Å². The maximum absolute atomic E-state index is 15.3. The van der Waals surface area contributed by atoms with Crippen LogP contribution >= 0.6 is 0 Å². The van der Waals surface area contributed by atoms with Crippen molar-refractivity contribution in [1.29, 1.82) is 0 Å². The molecule has 0 unspecified atom stereocenters. The number of nitrogens with zero attached hydrogens (tertiary/aromatic N) is 2. The number of amides is 1. The number of benzene rings is 1. The lowest BCUT2D eigenvalue weighted by Gasteiger charge is -2.22. The average Bonchev–Trinajstić information content (AvgIpc) is 3.21. The van der Waals surface area contributed by atoms with E-state index in [9.17, 15) is 4.79 Å². The fraction of sp³-hybridized carbons (Fsp3) is 0.348. The minimum absolute atomic E-state index is 0.0173. The molecule has 3 aromatic rings. The van der Waals surface area contributed by atoms with E-state index in [1.807, 2.05) is 13.8 Å². The smallest absolute Gasteiger partial charge is 0.413 e. The van der Waals surface area contributed by atoms with Gasteiger partial charge in [0, 0.05) is 54.5 Å². The van der Waals surface area contributed by atoms with Gasteiger partial charge in [-0.3, -0.25) is 5.32 Å². The van der Waals surface area contributed by atoms with Crippen LogP contribution in [0.5, 0.6) is 5.88 Å². The number of hydrogen-bond donors (Lipinski definition) is 4. The number of carbonyl (C=O) groups is 1. The number of aromatic nitrogens is 2. The Kier molecular flexibility index (Phi) is 5.37. The second kappa shape index (κ2) is 8.36. The van der Waals surface area contributed by atoms with Gasteiger partial charge in [-0.2, -0.15) is 0 Å². The predicted octanol–water partition coefficient (Wildman–Crippen LogP) is 3.29. The summed E-state index contributed by atoms with van der Waals surface area (Å²) in [7, 11) is 0. The third kappa shape index (κ3) is 3.86. The van der Waals surface area contributed by atoms with Crippen molar-refractivity contribution in [2.75, 3.05) is 42.6 Å². The summed E-state index contributed by atoms with van der Waals surface area (Å²) < 4.78 is 26.3. The molecule has 2 aliphatic rings. The van der Waals surface area contributed by atoms with Gasteiger partial charge >= 0.3 is 6.09 Å². The standard InChI is InChI=1S/C23H25FN6O3/c1-11-7-26-10-17(11)33-23(31)30-18-6-13-5-14(19(24)20(25)16(13)9-28-18)15-8-29-22-21(12(15)2)27-3-4-32-22/h5-6,8-9,11,17,26-27H,3-4,7,10,25H2,1-2H3,(H,28,30,31)/t11-,17-/m1/s1. The summed E-state index contributed by atoms with van der Waals surface area (Å²) in [4.78, 5) is 20.9. The van der Waals surface area contributed by atoms with Gasteiger partial charge in [0.05, 0.1) is 5.69 Å². The highest BCUT2D eigenvalue weighted by Crippen LogP contribution is 2.39. The van der Waals surface area contributed by atoms with E-state index in [2.05, 4.69) is 25.9 Å². The number of nitrogens with one attached hydrogen (secondary N) is 3. The molecule has 0 spiro atoms. The first-order valence-corrected chi connectivity index (χ1v) is 10.8. The highest BCUT2D eigenvalue weighted by molar-refractivity contribution is 5.99. The summed E-state index contributed by atoms with van der Waals surface area (Å²) >= 11 is 0. The fourth-order valence-electron chi connectivity index (χ4n) is 4.27. The lowest BCUT2D eigenvalue weighted by Crippen LogP contribution is -2.27. The van der Waals surface area contributed by atoms with E-state index in [1.165, 1.54) is 6.20 Å². The van der Waals surface area contributed by atoms with E-state index in [1.54, 1.807) is 18.3 Å². The lowest BCUT2D eigenvalue weighted by molar-refractivity contribution is 0.100. The molecule has 1 saturated heterocycles. The van der Waals surface area contributed by atoms with Crippen molar-refractivity contribution in [3.63, 3.8) is 0 Å². The molecule has 1 aromatic carbocycles. The van der Waals surface area contributed by atoms with Crippen molar-refractivity contribution in [2.45, 2.75) is 20.0 Å². The molecule has 1 fully saturated rings. The van der Waals surface area contributed by atoms with E-state index < -0.39 is 11.9 Å². The van der Waals surface area contributed by atoms with Gasteiger partial charge in [0.15, 0.2) is 5.82 Å². The van der Waals surface area contributed by atoms with Gasteiger partial charge in [-0.1, -0.05) is 6.92 Å². The first-order chi connectivity index (χ1) is 15.9. The van der Waals surface area contributed by atoms with Crippen LogP contribution in [0, 0.1) is 18.7 Å². The van der Waals surface area contributed by atoms with Gasteiger partial charge in [-0.15, -0.1) is 0 Å². The minimum atomic E-state index is -0.585. The number of fused-ring (bicyclic) bond motifs is 2. The molecule has 33 heavy (non-hydrogen) atoms. The van der Waals surface area contributed by atoms with Crippen LogP contribution in [0.25, 0.3) is 21.9 Å². The Morgan fingerprint density at radius 2 is 2.12 bits per heavy atom. The van der Waals surface area contributed by atoms with Gasteiger partial charge in [0.1, 0.15) is 24.2 Å². The van der Waals surface area contributed by atoms with Gasteiger partial charge in [-0.25, -0.2) is 19.2 Å². The molecule has 5 N–H and O–H groups in total. The highest BCUT2D eigenvalue weighted by atomic mass is 19.1. The molecule has 0 bridgehead atoms. The SMILES string of the molecule is Cc1c(-c2cc3cc(NC(=O)O[C@@H]4CNC[C@H]4C)ncc3c(N)c2F)cnc2c1NCCO2. The number of rotatable bonds is 3. The van der Waals surface area contributed by atoms with Crippen LogP contribution in [-0.4, -0.2) is 48.4 Å². The number of nitrogens with two attached hydrogens (primary N) is 1. The zero-order valence-corrected chi connectivity index (χ0v) is 18.4. The first kappa shape index (κ1) is 21.2. The van der Waals surface area contributed by atoms with Crippen LogP contribution in [0.15, 0.2) is 24.5 Å². The molecule has 0 saturated carbocycles. The first-order valence-electron chi connectivity index (χ1n) is 10.8. The van der Waals surface area contributed by atoms with Gasteiger partial charge in [-0.05, 0) is 30.0 Å². The van der Waals surface area contributed by atoms with Gasteiger partial charge < -0.3 is 25.8 Å². The summed E-state index contributed by atoms with van der Waals surface area (Å²) in [5.74, 6) is 0.476. The average molecular weight is 452 g/mol. The molecule has 9 nitrogen and oxygen atoms in total. The summed E-state index contributed by atoms with van der Waals surface area (Å²) in [5.41, 5.74) is 8.58. The topological polar surface area (TPSA) is 123 Å². The van der Waals surface area contributed by atoms with Gasteiger partial charge in [0.25, 0.3) is 0 Å². The van der Waals surface area contributed by atoms with Crippen LogP contribution in [0.2, 0.25) is 0 Å². The van der Waals surface area contributed by atoms with E-state index in [0.717, 1.165) is 17.8 Å². The maximum Gasteiger partial charge on any atom is 0.413 e. The maximum atomic E-state index is 15.3. The van der Waals surface area contributed by atoms with Crippen LogP contribution in [0.3, 0.4) is 0 Å². The number of pyridine rings is 2. The molecular formula is C23H25FN6O3.